The van der Waals surface area contributed by atoms with E-state index >= 15 is 0 Å². The summed E-state index contributed by atoms with van der Waals surface area (Å²) in [5, 5.41) is 10.3. The number of aryl methyl sites for hydroxylation is 2. The summed E-state index contributed by atoms with van der Waals surface area (Å²) in [6.45, 7) is 5.58. The number of unbranched alkanes of at least 4 members (excludes halogenated alkanes) is 1. The summed E-state index contributed by atoms with van der Waals surface area (Å²) in [7, 11) is 0. The van der Waals surface area contributed by atoms with Crippen LogP contribution in [0, 0.1) is 6.92 Å². The van der Waals surface area contributed by atoms with Crippen molar-refractivity contribution < 1.29 is 9.84 Å². The molecular formula is C21H27ClN2O2. The van der Waals surface area contributed by atoms with Gasteiger partial charge in [0.15, 0.2) is 0 Å². The molecule has 0 aliphatic heterocycles. The number of aliphatic hydroxyl groups is 1. The van der Waals surface area contributed by atoms with Crippen LogP contribution in [0.2, 0.25) is 0 Å². The smallest absolute Gasteiger partial charge is 0.138 e. The van der Waals surface area contributed by atoms with Gasteiger partial charge < -0.3 is 14.4 Å². The van der Waals surface area contributed by atoms with Crippen molar-refractivity contribution in [3.63, 3.8) is 0 Å². The lowest BCUT2D eigenvalue weighted by Crippen LogP contribution is -2.09. The van der Waals surface area contributed by atoms with E-state index in [-0.39, 0.29) is 12.4 Å². The minimum atomic E-state index is -0.518. The highest BCUT2D eigenvalue weighted by Gasteiger charge is 2.16. The zero-order valence-corrected chi connectivity index (χ0v) is 16.2. The van der Waals surface area contributed by atoms with E-state index in [1.807, 2.05) is 37.3 Å². The van der Waals surface area contributed by atoms with Gasteiger partial charge in [0.05, 0.1) is 17.6 Å². The molecule has 2 aromatic carbocycles. The lowest BCUT2D eigenvalue weighted by molar-refractivity contribution is 0.159. The van der Waals surface area contributed by atoms with Crippen molar-refractivity contribution in [1.29, 1.82) is 0 Å². The number of nitrogens with zero attached hydrogens (tertiary/aromatic N) is 2. The predicted octanol–water partition coefficient (Wildman–Crippen LogP) is 5.07. The van der Waals surface area contributed by atoms with Crippen LogP contribution in [0.25, 0.3) is 11.0 Å². The summed E-state index contributed by atoms with van der Waals surface area (Å²) in [6, 6.07) is 16.2. The molecule has 3 rings (SSSR count). The van der Waals surface area contributed by atoms with Gasteiger partial charge in [0, 0.05) is 6.54 Å². The summed E-state index contributed by atoms with van der Waals surface area (Å²) in [6.07, 6.45) is 2.09. The molecule has 0 saturated carbocycles. The molecule has 26 heavy (non-hydrogen) atoms. The van der Waals surface area contributed by atoms with Crippen LogP contribution in [-0.2, 0) is 6.54 Å². The van der Waals surface area contributed by atoms with Gasteiger partial charge in [0.2, 0.25) is 0 Å². The normalized spacial score (nSPS) is 12.0. The van der Waals surface area contributed by atoms with Crippen molar-refractivity contribution >= 4 is 23.4 Å². The molecule has 1 heterocycles. The monoisotopic (exact) mass is 374 g/mol. The van der Waals surface area contributed by atoms with E-state index in [2.05, 4.69) is 34.7 Å². The van der Waals surface area contributed by atoms with E-state index in [1.165, 1.54) is 5.56 Å². The lowest BCUT2D eigenvalue weighted by atomic mass is 10.2. The maximum absolute atomic E-state index is 10.3. The highest BCUT2D eigenvalue weighted by molar-refractivity contribution is 5.85. The van der Waals surface area contributed by atoms with E-state index in [0.29, 0.717) is 13.0 Å². The number of halogens is 1. The Labute approximate surface area is 161 Å². The maximum atomic E-state index is 10.3. The maximum Gasteiger partial charge on any atom is 0.138 e. The minimum absolute atomic E-state index is 0. The Morgan fingerprint density at radius 1 is 1.12 bits per heavy atom. The van der Waals surface area contributed by atoms with E-state index in [1.54, 1.807) is 0 Å². The van der Waals surface area contributed by atoms with E-state index in [4.69, 9.17) is 4.74 Å². The third-order valence-electron chi connectivity index (χ3n) is 4.40. The largest absolute Gasteiger partial charge is 0.494 e. The van der Waals surface area contributed by atoms with Crippen LogP contribution in [-0.4, -0.2) is 21.3 Å². The molecule has 1 aromatic heterocycles. The van der Waals surface area contributed by atoms with Gasteiger partial charge in [-0.2, -0.15) is 0 Å². The van der Waals surface area contributed by atoms with Gasteiger partial charge in [0.25, 0.3) is 0 Å². The van der Waals surface area contributed by atoms with E-state index in [0.717, 1.165) is 42.0 Å². The number of hydrogen-bond acceptors (Lipinski definition) is 3. The SMILES string of the molecule is CCC(O)c1nc2ccccc2n1CCCCOc1cccc(C)c1.Cl. The molecule has 3 aromatic rings. The third kappa shape index (κ3) is 4.77. The predicted molar refractivity (Wildman–Crippen MR) is 108 cm³/mol. The Balaban J connectivity index is 0.00000243. The highest BCUT2D eigenvalue weighted by Crippen LogP contribution is 2.23. The number of aromatic nitrogens is 2. The van der Waals surface area contributed by atoms with Crippen molar-refractivity contribution in [3.05, 3.63) is 59.9 Å². The van der Waals surface area contributed by atoms with Crippen molar-refractivity contribution in [2.24, 2.45) is 0 Å². The van der Waals surface area contributed by atoms with Gasteiger partial charge in [-0.15, -0.1) is 12.4 Å². The fraction of sp³-hybridized carbons (Fsp3) is 0.381. The topological polar surface area (TPSA) is 47.3 Å². The first-order chi connectivity index (χ1) is 12.2. The highest BCUT2D eigenvalue weighted by atomic mass is 35.5. The molecule has 0 radical (unpaired) electrons. The van der Waals surface area contributed by atoms with Gasteiger partial charge >= 0.3 is 0 Å². The zero-order chi connectivity index (χ0) is 17.6. The van der Waals surface area contributed by atoms with Crippen molar-refractivity contribution in [2.45, 2.75) is 45.8 Å². The Hall–Kier alpha value is -2.04. The zero-order valence-electron chi connectivity index (χ0n) is 15.4. The molecule has 1 N–H and O–H groups in total. The van der Waals surface area contributed by atoms with Crippen LogP contribution >= 0.6 is 12.4 Å². The molecule has 4 nitrogen and oxygen atoms in total. The number of fused-ring (bicyclic) bond motifs is 1. The van der Waals surface area contributed by atoms with E-state index in [9.17, 15) is 5.11 Å². The van der Waals surface area contributed by atoms with Crippen LogP contribution in [0.4, 0.5) is 0 Å². The first kappa shape index (κ1) is 20.3. The molecule has 1 unspecified atom stereocenters. The lowest BCUT2D eigenvalue weighted by Gasteiger charge is -2.13. The average molecular weight is 375 g/mol. The van der Waals surface area contributed by atoms with Gasteiger partial charge in [-0.25, -0.2) is 4.98 Å². The first-order valence-electron chi connectivity index (χ1n) is 9.01. The molecule has 0 fully saturated rings. The molecule has 0 saturated heterocycles. The fourth-order valence-electron chi connectivity index (χ4n) is 3.03. The summed E-state index contributed by atoms with van der Waals surface area (Å²) in [4.78, 5) is 4.62. The molecule has 0 bridgehead atoms. The molecule has 0 spiro atoms. The Bertz CT molecular complexity index is 832. The number of rotatable bonds is 8. The molecule has 140 valence electrons. The number of ether oxygens (including phenoxy) is 1. The summed E-state index contributed by atoms with van der Waals surface area (Å²) < 4.78 is 7.97. The first-order valence-corrected chi connectivity index (χ1v) is 9.01. The molecule has 1 atom stereocenters. The van der Waals surface area contributed by atoms with Crippen LogP contribution in [0.1, 0.15) is 43.7 Å². The quantitative estimate of drug-likeness (QED) is 0.560. The summed E-state index contributed by atoms with van der Waals surface area (Å²) in [5.41, 5.74) is 3.24. The molecule has 5 heteroatoms. The van der Waals surface area contributed by atoms with Gasteiger partial charge in [-0.3, -0.25) is 0 Å². The third-order valence-corrected chi connectivity index (χ3v) is 4.40. The van der Waals surface area contributed by atoms with Crippen LogP contribution < -0.4 is 4.74 Å². The van der Waals surface area contributed by atoms with Crippen molar-refractivity contribution in [2.75, 3.05) is 6.61 Å². The van der Waals surface area contributed by atoms with E-state index < -0.39 is 6.10 Å². The summed E-state index contributed by atoms with van der Waals surface area (Å²) in [5.74, 6) is 1.69. The van der Waals surface area contributed by atoms with Crippen molar-refractivity contribution in [1.82, 2.24) is 9.55 Å². The Kier molecular flexibility index (Phi) is 7.49. The second kappa shape index (κ2) is 9.60. The number of hydrogen-bond donors (Lipinski definition) is 1. The van der Waals surface area contributed by atoms with Crippen molar-refractivity contribution in [3.8, 4) is 5.75 Å². The average Bonchev–Trinajstić information content (AvgIpc) is 2.99. The minimum Gasteiger partial charge on any atom is -0.494 e. The fourth-order valence-corrected chi connectivity index (χ4v) is 3.03. The number of benzene rings is 2. The number of para-hydroxylation sites is 2. The van der Waals surface area contributed by atoms with Crippen LogP contribution in [0.3, 0.4) is 0 Å². The standard InChI is InChI=1S/C21H26N2O2.ClH/c1-3-20(24)21-22-18-11-4-5-12-19(18)23(21)13-6-7-14-25-17-10-8-9-16(2)15-17;/h4-5,8-12,15,20,24H,3,6-7,13-14H2,1-2H3;1H. The van der Waals surface area contributed by atoms with Crippen LogP contribution in [0.15, 0.2) is 48.5 Å². The second-order valence-electron chi connectivity index (χ2n) is 6.41. The number of aliphatic hydroxyl groups excluding tert-OH is 1. The Morgan fingerprint density at radius 2 is 1.92 bits per heavy atom. The van der Waals surface area contributed by atoms with Gasteiger partial charge in [-0.05, 0) is 56.0 Å². The second-order valence-corrected chi connectivity index (χ2v) is 6.41. The number of imidazole rings is 1. The molecule has 0 aliphatic rings. The Morgan fingerprint density at radius 3 is 2.69 bits per heavy atom. The molecule has 0 amide bonds. The molecule has 0 aliphatic carbocycles. The van der Waals surface area contributed by atoms with Gasteiger partial charge in [0.1, 0.15) is 17.7 Å². The summed E-state index contributed by atoms with van der Waals surface area (Å²) >= 11 is 0. The molecular weight excluding hydrogens is 348 g/mol. The van der Waals surface area contributed by atoms with Gasteiger partial charge in [-0.1, -0.05) is 31.2 Å². The van der Waals surface area contributed by atoms with Crippen LogP contribution in [0.5, 0.6) is 5.75 Å².